The number of nitrogens with zero attached hydrogens (tertiary/aromatic N) is 2. The van der Waals surface area contributed by atoms with Gasteiger partial charge in [-0.05, 0) is 24.5 Å². The third kappa shape index (κ3) is 3.80. The lowest BCUT2D eigenvalue weighted by Crippen LogP contribution is -2.41. The van der Waals surface area contributed by atoms with Gasteiger partial charge < -0.3 is 20.3 Å². The van der Waals surface area contributed by atoms with E-state index in [1.165, 1.54) is 0 Å². The number of nitriles is 1. The maximum absolute atomic E-state index is 13.0. The predicted molar refractivity (Wildman–Crippen MR) is 107 cm³/mol. The summed E-state index contributed by atoms with van der Waals surface area (Å²) in [6.07, 6.45) is 1.74. The Morgan fingerprint density at radius 2 is 2.14 bits per heavy atom. The lowest BCUT2D eigenvalue weighted by molar-refractivity contribution is 0.203. The number of fused-ring (bicyclic) bond motifs is 1. The van der Waals surface area contributed by atoms with Crippen molar-refractivity contribution in [2.24, 2.45) is 0 Å². The minimum Gasteiger partial charge on any atom is -0.492 e. The van der Waals surface area contributed by atoms with Crippen molar-refractivity contribution in [3.63, 3.8) is 0 Å². The molecule has 4 rings (SSSR count). The van der Waals surface area contributed by atoms with Gasteiger partial charge >= 0.3 is 6.03 Å². The molecule has 0 spiro atoms. The van der Waals surface area contributed by atoms with Crippen LogP contribution in [0.15, 0.2) is 48.5 Å². The second-order valence-corrected chi connectivity index (χ2v) is 7.20. The fraction of sp³-hybridized carbons (Fsp3) is 0.364. The molecule has 2 N–H and O–H groups in total. The molecule has 2 aromatic rings. The molecule has 0 aliphatic carbocycles. The number of ether oxygens (including phenoxy) is 1. The van der Waals surface area contributed by atoms with Gasteiger partial charge in [-0.25, -0.2) is 4.79 Å². The van der Waals surface area contributed by atoms with E-state index < -0.39 is 0 Å². The van der Waals surface area contributed by atoms with E-state index in [4.69, 9.17) is 4.74 Å². The number of hydrogen-bond acceptors (Lipinski definition) is 4. The van der Waals surface area contributed by atoms with Crippen LogP contribution < -0.4 is 15.4 Å². The summed E-state index contributed by atoms with van der Waals surface area (Å²) in [7, 11) is 0. The van der Waals surface area contributed by atoms with E-state index in [2.05, 4.69) is 16.7 Å². The monoisotopic (exact) mass is 376 g/mol. The zero-order valence-corrected chi connectivity index (χ0v) is 15.7. The van der Waals surface area contributed by atoms with Crippen molar-refractivity contribution in [3.8, 4) is 11.8 Å². The van der Waals surface area contributed by atoms with Crippen LogP contribution in [0.25, 0.3) is 0 Å². The summed E-state index contributed by atoms with van der Waals surface area (Å²) >= 11 is 0. The molecule has 2 amide bonds. The minimum absolute atomic E-state index is 0.117. The Kier molecular flexibility index (Phi) is 5.45. The third-order valence-electron chi connectivity index (χ3n) is 5.41. The van der Waals surface area contributed by atoms with E-state index in [0.717, 1.165) is 42.8 Å². The van der Waals surface area contributed by atoms with Crippen LogP contribution in [-0.2, 0) is 6.54 Å². The van der Waals surface area contributed by atoms with Crippen molar-refractivity contribution in [3.05, 3.63) is 59.7 Å². The van der Waals surface area contributed by atoms with Crippen molar-refractivity contribution >= 4 is 11.7 Å². The Hall–Kier alpha value is -3.04. The number of nitrogens with one attached hydrogen (secondary N) is 2. The number of rotatable bonds is 3. The summed E-state index contributed by atoms with van der Waals surface area (Å²) in [6.45, 7) is 2.84. The smallest absolute Gasteiger partial charge is 0.322 e. The second kappa shape index (κ2) is 8.32. The molecular weight excluding hydrogens is 352 g/mol. The molecule has 28 heavy (non-hydrogen) atoms. The van der Waals surface area contributed by atoms with Crippen molar-refractivity contribution in [2.75, 3.05) is 25.0 Å². The van der Waals surface area contributed by atoms with Gasteiger partial charge in [-0.2, -0.15) is 5.26 Å². The summed E-state index contributed by atoms with van der Waals surface area (Å²) in [4.78, 5) is 14.8. The highest BCUT2D eigenvalue weighted by atomic mass is 16.5. The molecule has 2 aromatic carbocycles. The van der Waals surface area contributed by atoms with E-state index in [1.807, 2.05) is 48.5 Å². The molecule has 6 nitrogen and oxygen atoms in total. The van der Waals surface area contributed by atoms with Crippen LogP contribution in [-0.4, -0.2) is 36.7 Å². The average molecular weight is 376 g/mol. The van der Waals surface area contributed by atoms with E-state index in [0.29, 0.717) is 18.8 Å². The first-order valence-corrected chi connectivity index (χ1v) is 9.75. The number of carbonyl (C=O) groups excluding carboxylic acids is 1. The van der Waals surface area contributed by atoms with Gasteiger partial charge in [-0.15, -0.1) is 0 Å². The Morgan fingerprint density at radius 1 is 1.29 bits per heavy atom. The van der Waals surface area contributed by atoms with Crippen LogP contribution in [0.1, 0.15) is 29.9 Å². The summed E-state index contributed by atoms with van der Waals surface area (Å²) in [5.74, 6) is 0.482. The van der Waals surface area contributed by atoms with Crippen LogP contribution in [0, 0.1) is 11.3 Å². The highest BCUT2D eigenvalue weighted by Gasteiger charge is 2.35. The number of likely N-dealkylation sites (tertiary alicyclic amines) is 1. The van der Waals surface area contributed by atoms with Crippen LogP contribution in [0.4, 0.5) is 10.5 Å². The first-order chi connectivity index (χ1) is 13.8. The Morgan fingerprint density at radius 3 is 2.96 bits per heavy atom. The highest BCUT2D eigenvalue weighted by molar-refractivity contribution is 5.90. The summed E-state index contributed by atoms with van der Waals surface area (Å²) in [5, 5.41) is 16.0. The van der Waals surface area contributed by atoms with E-state index in [1.54, 1.807) is 4.90 Å². The highest BCUT2D eigenvalue weighted by Crippen LogP contribution is 2.32. The van der Waals surface area contributed by atoms with Gasteiger partial charge in [0.05, 0.1) is 18.0 Å². The number of carbonyl (C=O) groups is 1. The number of hydrogen-bond donors (Lipinski definition) is 2. The summed E-state index contributed by atoms with van der Waals surface area (Å²) in [6, 6.07) is 17.6. The predicted octanol–water partition coefficient (Wildman–Crippen LogP) is 3.47. The lowest BCUT2D eigenvalue weighted by atomic mass is 9.91. The molecule has 1 fully saturated rings. The standard InChI is InChI=1S/C22H24N4O2/c23-14-19(16-5-2-1-3-6-16)20-7-4-11-26(20)22(27)25-18-9-8-17-15-24-10-12-28-21(17)13-18/h1-3,5-6,8-9,13,19-20,24H,4,7,10-12,15H2,(H,25,27). The van der Waals surface area contributed by atoms with Crippen molar-refractivity contribution in [1.82, 2.24) is 10.2 Å². The molecule has 0 saturated carbocycles. The molecule has 1 saturated heterocycles. The zero-order valence-electron chi connectivity index (χ0n) is 15.7. The summed E-state index contributed by atoms with van der Waals surface area (Å²) in [5.41, 5.74) is 2.76. The van der Waals surface area contributed by atoms with Gasteiger partial charge in [0.2, 0.25) is 0 Å². The molecule has 6 heteroatoms. The van der Waals surface area contributed by atoms with Gasteiger partial charge in [-0.1, -0.05) is 36.4 Å². The van der Waals surface area contributed by atoms with Crippen LogP contribution >= 0.6 is 0 Å². The molecule has 2 heterocycles. The molecule has 0 radical (unpaired) electrons. The quantitative estimate of drug-likeness (QED) is 0.860. The van der Waals surface area contributed by atoms with Crippen molar-refractivity contribution < 1.29 is 9.53 Å². The number of benzene rings is 2. The maximum Gasteiger partial charge on any atom is 0.322 e. The molecular formula is C22H24N4O2. The Labute approximate surface area is 165 Å². The Balaban J connectivity index is 1.50. The van der Waals surface area contributed by atoms with Gasteiger partial charge in [0, 0.05) is 37.0 Å². The van der Waals surface area contributed by atoms with E-state index in [9.17, 15) is 10.1 Å². The van der Waals surface area contributed by atoms with Crippen molar-refractivity contribution in [2.45, 2.75) is 31.3 Å². The number of anilines is 1. The normalized spacial score (nSPS) is 19.7. The average Bonchev–Trinajstić information content (AvgIpc) is 3.08. The fourth-order valence-corrected chi connectivity index (χ4v) is 4.00. The van der Waals surface area contributed by atoms with Gasteiger partial charge in [-0.3, -0.25) is 0 Å². The molecule has 0 aromatic heterocycles. The first kappa shape index (κ1) is 18.3. The van der Waals surface area contributed by atoms with Gasteiger partial charge in [0.1, 0.15) is 12.4 Å². The molecule has 0 bridgehead atoms. The molecule has 2 atom stereocenters. The van der Waals surface area contributed by atoms with Crippen molar-refractivity contribution in [1.29, 1.82) is 5.26 Å². The fourth-order valence-electron chi connectivity index (χ4n) is 4.00. The third-order valence-corrected chi connectivity index (χ3v) is 5.41. The topological polar surface area (TPSA) is 77.4 Å². The van der Waals surface area contributed by atoms with Crippen LogP contribution in [0.3, 0.4) is 0 Å². The molecule has 2 aliphatic heterocycles. The van der Waals surface area contributed by atoms with E-state index >= 15 is 0 Å². The molecule has 2 aliphatic rings. The number of urea groups is 1. The maximum atomic E-state index is 13.0. The first-order valence-electron chi connectivity index (χ1n) is 9.75. The second-order valence-electron chi connectivity index (χ2n) is 7.20. The summed E-state index contributed by atoms with van der Waals surface area (Å²) < 4.78 is 5.76. The van der Waals surface area contributed by atoms with Gasteiger partial charge in [0.15, 0.2) is 0 Å². The van der Waals surface area contributed by atoms with E-state index in [-0.39, 0.29) is 18.0 Å². The Bertz CT molecular complexity index is 878. The van der Waals surface area contributed by atoms with Crippen LogP contribution in [0.5, 0.6) is 5.75 Å². The minimum atomic E-state index is -0.323. The lowest BCUT2D eigenvalue weighted by Gasteiger charge is -2.28. The largest absolute Gasteiger partial charge is 0.492 e. The molecule has 144 valence electrons. The zero-order chi connectivity index (χ0) is 19.3. The number of amides is 2. The molecule has 2 unspecified atom stereocenters. The SMILES string of the molecule is N#CC(c1ccccc1)C1CCCN1C(=O)Nc1ccc2c(c1)OCCNC2. The van der Waals surface area contributed by atoms with Crippen LogP contribution in [0.2, 0.25) is 0 Å². The van der Waals surface area contributed by atoms with Gasteiger partial charge in [0.25, 0.3) is 0 Å².